The van der Waals surface area contributed by atoms with E-state index in [0.717, 1.165) is 24.0 Å². The molecule has 0 radical (unpaired) electrons. The molecule has 0 saturated carbocycles. The quantitative estimate of drug-likeness (QED) is 0.261. The number of hydrogen-bond donors (Lipinski definition) is 2. The van der Waals surface area contributed by atoms with Gasteiger partial charge in [-0.05, 0) is 67.8 Å². The van der Waals surface area contributed by atoms with Crippen LogP contribution in [0.1, 0.15) is 34.3 Å². The van der Waals surface area contributed by atoms with Crippen LogP contribution in [0.3, 0.4) is 0 Å². The van der Waals surface area contributed by atoms with Gasteiger partial charge in [-0.2, -0.15) is 0 Å². The molecule has 1 aliphatic rings. The molecule has 3 aromatic rings. The highest BCUT2D eigenvalue weighted by Crippen LogP contribution is 2.34. The SMILES string of the molecule is COc1cccc(CNC(=O)C2CCCN(NC(=O)c3ccc(OCCOc4c(Cl)cc(C)cc4Cl)cc3)C2)c1OC. The molecule has 2 N–H and O–H groups in total. The number of benzene rings is 3. The Hall–Kier alpha value is -3.66. The number of hydrazine groups is 1. The lowest BCUT2D eigenvalue weighted by Gasteiger charge is -2.32. The second kappa shape index (κ2) is 15.0. The van der Waals surface area contributed by atoms with E-state index in [2.05, 4.69) is 10.7 Å². The maximum Gasteiger partial charge on any atom is 0.265 e. The number of methoxy groups -OCH3 is 2. The molecule has 3 aromatic carbocycles. The Labute approximate surface area is 255 Å². The summed E-state index contributed by atoms with van der Waals surface area (Å²) in [6, 6.07) is 15.9. The van der Waals surface area contributed by atoms with E-state index >= 15 is 0 Å². The van der Waals surface area contributed by atoms with Crippen molar-refractivity contribution in [1.29, 1.82) is 0 Å². The van der Waals surface area contributed by atoms with Gasteiger partial charge in [-0.3, -0.25) is 15.0 Å². The van der Waals surface area contributed by atoms with Crippen molar-refractivity contribution in [2.75, 3.05) is 40.5 Å². The maximum atomic E-state index is 12.9. The first-order valence-electron chi connectivity index (χ1n) is 13.6. The summed E-state index contributed by atoms with van der Waals surface area (Å²) in [5.74, 6) is 1.65. The third kappa shape index (κ3) is 8.21. The Kier molecular flexibility index (Phi) is 11.2. The van der Waals surface area contributed by atoms with Crippen molar-refractivity contribution in [2.45, 2.75) is 26.3 Å². The first kappa shape index (κ1) is 31.3. The van der Waals surface area contributed by atoms with Crippen molar-refractivity contribution < 1.29 is 28.5 Å². The molecule has 2 amide bonds. The van der Waals surface area contributed by atoms with E-state index in [1.807, 2.05) is 25.1 Å². The summed E-state index contributed by atoms with van der Waals surface area (Å²) in [5.41, 5.74) is 5.18. The number of carbonyl (C=O) groups excluding carboxylic acids is 2. The van der Waals surface area contributed by atoms with E-state index in [4.69, 9.17) is 42.1 Å². The van der Waals surface area contributed by atoms with Gasteiger partial charge in [0.05, 0.1) is 30.2 Å². The lowest BCUT2D eigenvalue weighted by Crippen LogP contribution is -2.50. The summed E-state index contributed by atoms with van der Waals surface area (Å²) in [5, 5.41) is 5.69. The fourth-order valence-corrected chi connectivity index (χ4v) is 5.46. The number of nitrogens with zero attached hydrogens (tertiary/aromatic N) is 1. The van der Waals surface area contributed by atoms with Gasteiger partial charge in [-0.15, -0.1) is 0 Å². The van der Waals surface area contributed by atoms with Crippen LogP contribution in [0.15, 0.2) is 54.6 Å². The fraction of sp³-hybridized carbons (Fsp3) is 0.355. The zero-order valence-electron chi connectivity index (χ0n) is 23.9. The molecular formula is C31H35Cl2N3O6. The zero-order chi connectivity index (χ0) is 30.1. The molecule has 1 atom stereocenters. The molecule has 224 valence electrons. The van der Waals surface area contributed by atoms with Crippen LogP contribution in [0.4, 0.5) is 0 Å². The van der Waals surface area contributed by atoms with Crippen molar-refractivity contribution >= 4 is 35.0 Å². The van der Waals surface area contributed by atoms with E-state index in [-0.39, 0.29) is 30.9 Å². The Morgan fingerprint density at radius 1 is 0.952 bits per heavy atom. The number of piperidine rings is 1. The molecule has 0 spiro atoms. The molecule has 4 rings (SSSR count). The van der Waals surface area contributed by atoms with Crippen molar-refractivity contribution in [3.05, 3.63) is 81.3 Å². The number of carbonyl (C=O) groups is 2. The largest absolute Gasteiger partial charge is 0.493 e. The van der Waals surface area contributed by atoms with E-state index in [0.29, 0.717) is 58.2 Å². The average molecular weight is 617 g/mol. The molecule has 11 heteroatoms. The van der Waals surface area contributed by atoms with E-state index < -0.39 is 0 Å². The lowest BCUT2D eigenvalue weighted by atomic mass is 9.98. The Morgan fingerprint density at radius 3 is 2.36 bits per heavy atom. The van der Waals surface area contributed by atoms with Gasteiger partial charge in [-0.25, -0.2) is 5.01 Å². The predicted octanol–water partition coefficient (Wildman–Crippen LogP) is 5.45. The number of para-hydroxylation sites is 1. The smallest absolute Gasteiger partial charge is 0.265 e. The van der Waals surface area contributed by atoms with E-state index in [1.54, 1.807) is 55.6 Å². The highest BCUT2D eigenvalue weighted by molar-refractivity contribution is 6.37. The predicted molar refractivity (Wildman–Crippen MR) is 162 cm³/mol. The van der Waals surface area contributed by atoms with E-state index in [1.165, 1.54) is 0 Å². The summed E-state index contributed by atoms with van der Waals surface area (Å²) in [6.45, 7) is 3.82. The zero-order valence-corrected chi connectivity index (χ0v) is 25.4. The molecule has 0 aromatic heterocycles. The van der Waals surface area contributed by atoms with Crippen LogP contribution in [0.2, 0.25) is 10.0 Å². The molecule has 1 saturated heterocycles. The maximum absolute atomic E-state index is 12.9. The number of nitrogens with one attached hydrogen (secondary N) is 2. The normalized spacial score (nSPS) is 15.0. The molecule has 1 fully saturated rings. The number of ether oxygens (including phenoxy) is 4. The Morgan fingerprint density at radius 2 is 1.67 bits per heavy atom. The second-order valence-electron chi connectivity index (χ2n) is 9.88. The number of halogens is 2. The molecular weight excluding hydrogens is 581 g/mol. The summed E-state index contributed by atoms with van der Waals surface area (Å²) in [7, 11) is 3.15. The van der Waals surface area contributed by atoms with Crippen LogP contribution in [0.5, 0.6) is 23.0 Å². The molecule has 0 bridgehead atoms. The van der Waals surface area contributed by atoms with Crippen molar-refractivity contribution in [2.24, 2.45) is 5.92 Å². The monoisotopic (exact) mass is 615 g/mol. The molecule has 1 heterocycles. The van der Waals surface area contributed by atoms with Crippen LogP contribution in [-0.4, -0.2) is 57.3 Å². The summed E-state index contributed by atoms with van der Waals surface area (Å²) >= 11 is 12.4. The summed E-state index contributed by atoms with van der Waals surface area (Å²) in [6.07, 6.45) is 1.53. The third-order valence-corrected chi connectivity index (χ3v) is 7.41. The minimum absolute atomic E-state index is 0.0729. The van der Waals surface area contributed by atoms with Gasteiger partial charge in [0.1, 0.15) is 19.0 Å². The summed E-state index contributed by atoms with van der Waals surface area (Å²) in [4.78, 5) is 25.8. The highest BCUT2D eigenvalue weighted by atomic mass is 35.5. The van der Waals surface area contributed by atoms with Gasteiger partial charge >= 0.3 is 0 Å². The van der Waals surface area contributed by atoms with Crippen LogP contribution in [0.25, 0.3) is 0 Å². The first-order chi connectivity index (χ1) is 20.3. The van der Waals surface area contributed by atoms with Crippen LogP contribution >= 0.6 is 23.2 Å². The fourth-order valence-electron chi connectivity index (χ4n) is 4.75. The Bertz CT molecular complexity index is 1360. The minimum Gasteiger partial charge on any atom is -0.493 e. The second-order valence-corrected chi connectivity index (χ2v) is 10.7. The molecule has 0 aliphatic carbocycles. The van der Waals surface area contributed by atoms with Gasteiger partial charge in [-0.1, -0.05) is 35.3 Å². The van der Waals surface area contributed by atoms with Crippen LogP contribution in [-0.2, 0) is 11.3 Å². The van der Waals surface area contributed by atoms with Gasteiger partial charge in [0.2, 0.25) is 5.91 Å². The highest BCUT2D eigenvalue weighted by Gasteiger charge is 2.27. The molecule has 9 nitrogen and oxygen atoms in total. The first-order valence-corrected chi connectivity index (χ1v) is 14.4. The number of amides is 2. The summed E-state index contributed by atoms with van der Waals surface area (Å²) < 4.78 is 22.2. The minimum atomic E-state index is -0.254. The topological polar surface area (TPSA) is 98.4 Å². The lowest BCUT2D eigenvalue weighted by molar-refractivity contribution is -0.127. The molecule has 42 heavy (non-hydrogen) atoms. The van der Waals surface area contributed by atoms with Crippen molar-refractivity contribution in [1.82, 2.24) is 15.8 Å². The molecule has 1 unspecified atom stereocenters. The number of hydrogen-bond acceptors (Lipinski definition) is 7. The van der Waals surface area contributed by atoms with Crippen LogP contribution < -0.4 is 29.7 Å². The Balaban J connectivity index is 1.22. The average Bonchev–Trinajstić information content (AvgIpc) is 2.99. The van der Waals surface area contributed by atoms with Gasteiger partial charge in [0.15, 0.2) is 17.2 Å². The van der Waals surface area contributed by atoms with Gasteiger partial charge < -0.3 is 24.3 Å². The molecule has 1 aliphatic heterocycles. The van der Waals surface area contributed by atoms with Crippen LogP contribution in [0, 0.1) is 12.8 Å². The van der Waals surface area contributed by atoms with Gasteiger partial charge in [0, 0.05) is 30.8 Å². The number of rotatable bonds is 12. The van der Waals surface area contributed by atoms with Crippen molar-refractivity contribution in [3.63, 3.8) is 0 Å². The van der Waals surface area contributed by atoms with E-state index in [9.17, 15) is 9.59 Å². The third-order valence-electron chi connectivity index (χ3n) is 6.85. The number of aryl methyl sites for hydroxylation is 1. The van der Waals surface area contributed by atoms with Gasteiger partial charge in [0.25, 0.3) is 5.91 Å². The standard InChI is InChI=1S/C31H35Cl2N3O6/c1-20-16-25(32)29(26(33)17-20)42-15-14-41-24-11-9-21(10-12-24)31(38)35-36-13-5-7-23(19-36)30(37)34-18-22-6-4-8-27(39-2)28(22)40-3/h4,6,8-12,16-17,23H,5,7,13-15,18-19H2,1-3H3,(H,34,37)(H,35,38). The van der Waals surface area contributed by atoms with Crippen molar-refractivity contribution in [3.8, 4) is 23.0 Å².